The van der Waals surface area contributed by atoms with Gasteiger partial charge in [-0.3, -0.25) is 10.3 Å². The van der Waals surface area contributed by atoms with Crippen molar-refractivity contribution in [2.75, 3.05) is 13.2 Å². The lowest BCUT2D eigenvalue weighted by atomic mass is 10.1. The van der Waals surface area contributed by atoms with E-state index in [1.54, 1.807) is 31.2 Å². The second-order valence-electron chi connectivity index (χ2n) is 7.15. The van der Waals surface area contributed by atoms with Crippen LogP contribution in [0, 0.1) is 5.82 Å². The molecule has 2 aromatic carbocycles. The van der Waals surface area contributed by atoms with Gasteiger partial charge >= 0.3 is 5.97 Å². The van der Waals surface area contributed by atoms with E-state index in [9.17, 15) is 14.3 Å². The van der Waals surface area contributed by atoms with Crippen LogP contribution in [0.5, 0.6) is 5.75 Å². The second kappa shape index (κ2) is 12.5. The van der Waals surface area contributed by atoms with Gasteiger partial charge in [-0.25, -0.2) is 9.18 Å². The van der Waals surface area contributed by atoms with Gasteiger partial charge in [0.25, 0.3) is 5.89 Å². The number of rotatable bonds is 13. The van der Waals surface area contributed by atoms with Crippen molar-refractivity contribution in [2.45, 2.75) is 32.8 Å². The number of carbonyl (C=O) groups is 1. The van der Waals surface area contributed by atoms with Crippen molar-refractivity contribution in [3.63, 3.8) is 0 Å². The summed E-state index contributed by atoms with van der Waals surface area (Å²) in [5, 5.41) is 17.3. The molecule has 0 amide bonds. The average molecular weight is 471 g/mol. The lowest BCUT2D eigenvalue weighted by Gasteiger charge is -2.12. The maximum absolute atomic E-state index is 13.2. The Morgan fingerprint density at radius 3 is 2.53 bits per heavy atom. The molecule has 9 nitrogen and oxygen atoms in total. The third kappa shape index (κ3) is 7.12. The first-order chi connectivity index (χ1) is 16.5. The minimum atomic E-state index is -1.01. The Kier molecular flexibility index (Phi) is 9.12. The Bertz CT molecular complexity index is 1080. The van der Waals surface area contributed by atoms with Crippen LogP contribution in [0.3, 0.4) is 0 Å². The summed E-state index contributed by atoms with van der Waals surface area (Å²) in [5.41, 5.74) is 4.40. The van der Waals surface area contributed by atoms with E-state index in [2.05, 4.69) is 15.7 Å². The van der Waals surface area contributed by atoms with Gasteiger partial charge in [0, 0.05) is 18.6 Å². The van der Waals surface area contributed by atoms with Crippen LogP contribution >= 0.6 is 0 Å². The first-order valence-electron chi connectivity index (χ1n) is 10.8. The molecule has 3 aromatic rings. The third-order valence-electron chi connectivity index (χ3n) is 4.54. The molecule has 2 N–H and O–H groups in total. The zero-order valence-electron chi connectivity index (χ0n) is 18.9. The molecular weight excluding hydrogens is 445 g/mol. The smallest absolute Gasteiger partial charge is 0.333 e. The molecule has 0 fully saturated rings. The van der Waals surface area contributed by atoms with E-state index in [0.717, 1.165) is 12.0 Å². The van der Waals surface area contributed by atoms with Crippen molar-refractivity contribution < 1.29 is 33.0 Å². The Morgan fingerprint density at radius 2 is 1.88 bits per heavy atom. The number of hydroxylamine groups is 1. The molecule has 0 bridgehead atoms. The molecule has 0 radical (unpaired) electrons. The highest BCUT2D eigenvalue weighted by Gasteiger charge is 2.18. The normalized spacial score (nSPS) is 12.4. The SMILES string of the molecule is CCCONC(=COc1ccc(CC(OCC)C(=O)O)cc1)c1nnc(-c2ccc(F)cc2)o1. The topological polar surface area (TPSA) is 116 Å². The zero-order chi connectivity index (χ0) is 24.3. The van der Waals surface area contributed by atoms with Crippen LogP contribution in [0.2, 0.25) is 0 Å². The molecule has 0 aliphatic carbocycles. The average Bonchev–Trinajstić information content (AvgIpc) is 3.32. The molecule has 1 aromatic heterocycles. The molecule has 0 saturated heterocycles. The van der Waals surface area contributed by atoms with Gasteiger partial charge in [0.1, 0.15) is 17.8 Å². The van der Waals surface area contributed by atoms with Gasteiger partial charge in [-0.05, 0) is 55.3 Å². The molecule has 1 heterocycles. The standard InChI is InChI=1S/C24H26FN3O6/c1-3-13-33-28-20(23-27-26-22(34-23)17-7-9-18(25)10-8-17)15-32-19-11-5-16(6-12-19)14-21(24(29)30)31-4-2/h5-12,15,21,28H,3-4,13-14H2,1-2H3,(H,29,30). The van der Waals surface area contributed by atoms with E-state index in [0.29, 0.717) is 30.2 Å². The van der Waals surface area contributed by atoms with Crippen molar-refractivity contribution in [3.05, 3.63) is 72.1 Å². The van der Waals surface area contributed by atoms with E-state index in [-0.39, 0.29) is 24.0 Å². The highest BCUT2D eigenvalue weighted by molar-refractivity contribution is 5.72. The summed E-state index contributed by atoms with van der Waals surface area (Å²) in [6, 6.07) is 12.6. The summed E-state index contributed by atoms with van der Waals surface area (Å²) in [4.78, 5) is 16.7. The molecule has 1 unspecified atom stereocenters. The minimum Gasteiger partial charge on any atom is -0.479 e. The van der Waals surface area contributed by atoms with Crippen LogP contribution in [0.4, 0.5) is 4.39 Å². The number of hydrogen-bond acceptors (Lipinski definition) is 8. The van der Waals surface area contributed by atoms with Crippen LogP contribution in [0.15, 0.2) is 59.2 Å². The quantitative estimate of drug-likeness (QED) is 0.215. The first kappa shape index (κ1) is 24.9. The van der Waals surface area contributed by atoms with Gasteiger partial charge in [-0.2, -0.15) is 0 Å². The largest absolute Gasteiger partial charge is 0.479 e. The number of nitrogens with zero attached hydrogens (tertiary/aromatic N) is 2. The summed E-state index contributed by atoms with van der Waals surface area (Å²) in [6.45, 7) is 4.47. The number of aliphatic carboxylic acids is 1. The Hall–Kier alpha value is -3.76. The van der Waals surface area contributed by atoms with Crippen molar-refractivity contribution in [2.24, 2.45) is 0 Å². The van der Waals surface area contributed by atoms with Gasteiger partial charge < -0.3 is 19.0 Å². The maximum atomic E-state index is 13.2. The Labute approximate surface area is 196 Å². The van der Waals surface area contributed by atoms with Gasteiger partial charge in [-0.15, -0.1) is 10.2 Å². The minimum absolute atomic E-state index is 0.119. The predicted octanol–water partition coefficient (Wildman–Crippen LogP) is 4.22. The molecular formula is C24H26FN3O6. The predicted molar refractivity (Wildman–Crippen MR) is 121 cm³/mol. The molecule has 0 aliphatic heterocycles. The van der Waals surface area contributed by atoms with Gasteiger partial charge in [-0.1, -0.05) is 19.1 Å². The van der Waals surface area contributed by atoms with Crippen molar-refractivity contribution >= 4 is 11.7 Å². The number of halogens is 1. The lowest BCUT2D eigenvalue weighted by molar-refractivity contribution is -0.149. The number of ether oxygens (including phenoxy) is 2. The van der Waals surface area contributed by atoms with Crippen molar-refractivity contribution in [1.29, 1.82) is 0 Å². The number of carboxylic acid groups (broad SMARTS) is 1. The number of carboxylic acids is 1. The summed E-state index contributed by atoms with van der Waals surface area (Å²) in [7, 11) is 0. The van der Waals surface area contributed by atoms with Crippen LogP contribution in [0.25, 0.3) is 17.2 Å². The van der Waals surface area contributed by atoms with Gasteiger partial charge in [0.15, 0.2) is 11.8 Å². The zero-order valence-corrected chi connectivity index (χ0v) is 18.9. The second-order valence-corrected chi connectivity index (χ2v) is 7.15. The molecule has 0 saturated carbocycles. The fraction of sp³-hybridized carbons (Fsp3) is 0.292. The maximum Gasteiger partial charge on any atom is 0.333 e. The fourth-order valence-corrected chi connectivity index (χ4v) is 2.85. The van der Waals surface area contributed by atoms with Crippen LogP contribution in [0.1, 0.15) is 31.7 Å². The van der Waals surface area contributed by atoms with E-state index < -0.39 is 12.1 Å². The third-order valence-corrected chi connectivity index (χ3v) is 4.54. The lowest BCUT2D eigenvalue weighted by Crippen LogP contribution is -2.26. The van der Waals surface area contributed by atoms with E-state index in [1.165, 1.54) is 30.5 Å². The molecule has 34 heavy (non-hydrogen) atoms. The summed E-state index contributed by atoms with van der Waals surface area (Å²) < 4.78 is 29.8. The van der Waals surface area contributed by atoms with Gasteiger partial charge in [0.2, 0.25) is 5.89 Å². The van der Waals surface area contributed by atoms with Crippen LogP contribution in [-0.4, -0.2) is 40.6 Å². The number of aromatic nitrogens is 2. The van der Waals surface area contributed by atoms with E-state index in [4.69, 9.17) is 18.7 Å². The monoisotopic (exact) mass is 471 g/mol. The molecule has 0 spiro atoms. The Morgan fingerprint density at radius 1 is 1.15 bits per heavy atom. The fourth-order valence-electron chi connectivity index (χ4n) is 2.85. The summed E-state index contributed by atoms with van der Waals surface area (Å²) in [6.07, 6.45) is 1.49. The molecule has 10 heteroatoms. The van der Waals surface area contributed by atoms with E-state index in [1.807, 2.05) is 6.92 Å². The van der Waals surface area contributed by atoms with E-state index >= 15 is 0 Å². The first-order valence-corrected chi connectivity index (χ1v) is 10.8. The molecule has 180 valence electrons. The van der Waals surface area contributed by atoms with Crippen LogP contribution < -0.4 is 10.2 Å². The summed E-state index contributed by atoms with van der Waals surface area (Å²) in [5.74, 6) is -0.542. The molecule has 1 atom stereocenters. The van der Waals surface area contributed by atoms with Crippen LogP contribution in [-0.2, 0) is 20.8 Å². The van der Waals surface area contributed by atoms with Crippen molar-refractivity contribution in [1.82, 2.24) is 15.7 Å². The highest BCUT2D eigenvalue weighted by Crippen LogP contribution is 2.22. The Balaban J connectivity index is 1.72. The highest BCUT2D eigenvalue weighted by atomic mass is 19.1. The summed E-state index contributed by atoms with van der Waals surface area (Å²) >= 11 is 0. The van der Waals surface area contributed by atoms with Gasteiger partial charge in [0.05, 0.1) is 6.61 Å². The number of nitrogens with one attached hydrogen (secondary N) is 1. The number of benzene rings is 2. The number of hydrogen-bond donors (Lipinski definition) is 2. The molecule has 0 aliphatic rings. The van der Waals surface area contributed by atoms with Crippen molar-refractivity contribution in [3.8, 4) is 17.2 Å². The molecule has 3 rings (SSSR count).